The van der Waals surface area contributed by atoms with Crippen LogP contribution in [0.2, 0.25) is 0 Å². The number of imidazole rings is 1. The van der Waals surface area contributed by atoms with Gasteiger partial charge in [-0.25, -0.2) is 19.0 Å². The van der Waals surface area contributed by atoms with E-state index in [1.54, 1.807) is 11.0 Å². The molecule has 1 spiro atoms. The molecule has 3 fully saturated rings. The lowest BCUT2D eigenvalue weighted by Gasteiger charge is -2.68. The standard InChI is InChI=1S/C31H42FN5O4/c1-19-33-24-10-13-35(29(39)40-5)18-25(24)37(19)22-16-27-31(17-22)12-9-26(31)36(27)14-11-23(20-7-6-8-21(32)15-20)34-28(38)41-30(2,3)4/h6-8,15,22-23,26-27H,9-14,16-18H2,1-5H3,(H,34,38)/t22?,23-,26?,27?,31?/m0/s1. The van der Waals surface area contributed by atoms with Crippen LogP contribution in [0.1, 0.15) is 87.7 Å². The highest BCUT2D eigenvalue weighted by Crippen LogP contribution is 2.67. The van der Waals surface area contributed by atoms with E-state index in [0.29, 0.717) is 43.1 Å². The lowest BCUT2D eigenvalue weighted by molar-refractivity contribution is -0.188. The molecule has 2 amide bonds. The lowest BCUT2D eigenvalue weighted by Crippen LogP contribution is -2.74. The number of aryl methyl sites for hydroxylation is 1. The van der Waals surface area contributed by atoms with Gasteiger partial charge in [0.15, 0.2) is 0 Å². The Morgan fingerprint density at radius 1 is 1.27 bits per heavy atom. The minimum absolute atomic E-state index is 0.288. The molecule has 6 rings (SSSR count). The highest BCUT2D eigenvalue weighted by atomic mass is 19.1. The van der Waals surface area contributed by atoms with Crippen LogP contribution in [0.15, 0.2) is 24.3 Å². The molecule has 41 heavy (non-hydrogen) atoms. The molecule has 2 aliphatic heterocycles. The van der Waals surface area contributed by atoms with Crippen LogP contribution in [0.3, 0.4) is 0 Å². The number of alkyl carbamates (subject to hydrolysis) is 1. The summed E-state index contributed by atoms with van der Waals surface area (Å²) in [6, 6.07) is 7.49. The molecule has 1 aromatic heterocycles. The molecular formula is C31H42FN5O4. The second-order valence-electron chi connectivity index (χ2n) is 13.2. The maximum Gasteiger partial charge on any atom is 0.409 e. The molecule has 3 heterocycles. The van der Waals surface area contributed by atoms with E-state index in [1.165, 1.54) is 32.1 Å². The minimum atomic E-state index is -0.614. The van der Waals surface area contributed by atoms with E-state index in [0.717, 1.165) is 48.6 Å². The first-order chi connectivity index (χ1) is 19.5. The summed E-state index contributed by atoms with van der Waals surface area (Å²) in [7, 11) is 1.43. The van der Waals surface area contributed by atoms with Gasteiger partial charge in [0.1, 0.15) is 17.2 Å². The SMILES string of the molecule is COC(=O)N1CCc2nc(C)n(C3CC4N(CC[C@H](NC(=O)OC(C)(C)C)c5cccc(F)c5)C5CCC54C3)c2C1. The van der Waals surface area contributed by atoms with Crippen molar-refractivity contribution in [3.8, 4) is 0 Å². The molecule has 4 unspecified atom stereocenters. The number of carbonyl (C=O) groups is 2. The maximum absolute atomic E-state index is 14.1. The number of halogens is 1. The van der Waals surface area contributed by atoms with Crippen molar-refractivity contribution in [2.24, 2.45) is 5.41 Å². The molecule has 1 aromatic carbocycles. The molecule has 1 N–H and O–H groups in total. The fourth-order valence-corrected chi connectivity index (χ4v) is 8.09. The number of aromatic nitrogens is 2. The van der Waals surface area contributed by atoms with Crippen molar-refractivity contribution in [3.05, 3.63) is 52.9 Å². The number of nitrogens with one attached hydrogen (secondary N) is 1. The van der Waals surface area contributed by atoms with Gasteiger partial charge in [-0.15, -0.1) is 0 Å². The van der Waals surface area contributed by atoms with Crippen LogP contribution in [0.4, 0.5) is 14.0 Å². The summed E-state index contributed by atoms with van der Waals surface area (Å²) < 4.78 is 27.1. The fourth-order valence-electron chi connectivity index (χ4n) is 8.09. The Labute approximate surface area is 241 Å². The van der Waals surface area contributed by atoms with E-state index < -0.39 is 11.7 Å². The number of ether oxygens (including phenoxy) is 2. The molecule has 0 radical (unpaired) electrons. The Morgan fingerprint density at radius 3 is 2.76 bits per heavy atom. The smallest absolute Gasteiger partial charge is 0.409 e. The summed E-state index contributed by atoms with van der Waals surface area (Å²) in [6.45, 7) is 9.58. The number of benzene rings is 1. The molecule has 5 atom stereocenters. The Balaban J connectivity index is 1.17. The second-order valence-corrected chi connectivity index (χ2v) is 13.2. The highest BCUT2D eigenvalue weighted by molar-refractivity contribution is 5.68. The van der Waals surface area contributed by atoms with Gasteiger partial charge in [-0.3, -0.25) is 4.90 Å². The largest absolute Gasteiger partial charge is 0.453 e. The van der Waals surface area contributed by atoms with Crippen molar-refractivity contribution in [2.75, 3.05) is 20.2 Å². The summed E-state index contributed by atoms with van der Waals surface area (Å²) in [5.74, 6) is 0.712. The molecule has 1 saturated heterocycles. The van der Waals surface area contributed by atoms with Gasteiger partial charge < -0.3 is 24.3 Å². The summed E-state index contributed by atoms with van der Waals surface area (Å²) in [5, 5.41) is 3.00. The van der Waals surface area contributed by atoms with E-state index in [2.05, 4.69) is 21.7 Å². The van der Waals surface area contributed by atoms with Gasteiger partial charge >= 0.3 is 12.2 Å². The third kappa shape index (κ3) is 4.98. The average molecular weight is 568 g/mol. The average Bonchev–Trinajstić information content (AvgIpc) is 3.44. The molecule has 10 heteroatoms. The summed E-state index contributed by atoms with van der Waals surface area (Å²) in [6.07, 6.45) is 5.24. The number of likely N-dealkylation sites (tertiary alicyclic amines) is 1. The molecular weight excluding hydrogens is 525 g/mol. The van der Waals surface area contributed by atoms with Gasteiger partial charge in [0.05, 0.1) is 31.1 Å². The molecule has 2 aromatic rings. The topological polar surface area (TPSA) is 88.9 Å². The van der Waals surface area contributed by atoms with Crippen molar-refractivity contribution in [1.29, 1.82) is 0 Å². The zero-order valence-electron chi connectivity index (χ0n) is 24.8. The van der Waals surface area contributed by atoms with Crippen LogP contribution in [0.25, 0.3) is 0 Å². The van der Waals surface area contributed by atoms with Crippen molar-refractivity contribution < 1.29 is 23.5 Å². The van der Waals surface area contributed by atoms with Gasteiger partial charge in [-0.2, -0.15) is 0 Å². The zero-order chi connectivity index (χ0) is 29.1. The van der Waals surface area contributed by atoms with Crippen molar-refractivity contribution in [1.82, 2.24) is 24.7 Å². The number of amides is 2. The van der Waals surface area contributed by atoms with Crippen molar-refractivity contribution in [3.63, 3.8) is 0 Å². The lowest BCUT2D eigenvalue weighted by atomic mass is 9.53. The van der Waals surface area contributed by atoms with Gasteiger partial charge in [0.25, 0.3) is 0 Å². The van der Waals surface area contributed by atoms with E-state index in [1.807, 2.05) is 26.8 Å². The van der Waals surface area contributed by atoms with Crippen molar-refractivity contribution >= 4 is 12.2 Å². The summed E-state index contributed by atoms with van der Waals surface area (Å²) in [5.41, 5.74) is 2.72. The third-order valence-electron chi connectivity index (χ3n) is 9.77. The number of carbonyl (C=O) groups excluding carboxylic acids is 2. The van der Waals surface area contributed by atoms with Crippen LogP contribution in [0.5, 0.6) is 0 Å². The first-order valence-corrected chi connectivity index (χ1v) is 14.9. The summed E-state index contributed by atoms with van der Waals surface area (Å²) >= 11 is 0. The van der Waals surface area contributed by atoms with E-state index >= 15 is 0 Å². The van der Waals surface area contributed by atoms with Crippen LogP contribution in [-0.4, -0.2) is 69.4 Å². The number of fused-ring (bicyclic) bond motifs is 1. The van der Waals surface area contributed by atoms with E-state index in [4.69, 9.17) is 14.5 Å². The first-order valence-electron chi connectivity index (χ1n) is 14.9. The molecule has 9 nitrogen and oxygen atoms in total. The normalized spacial score (nSPS) is 27.6. The fraction of sp³-hybridized carbons (Fsp3) is 0.645. The van der Waals surface area contributed by atoms with Crippen LogP contribution < -0.4 is 5.32 Å². The Morgan fingerprint density at radius 2 is 2.07 bits per heavy atom. The maximum atomic E-state index is 14.1. The zero-order valence-corrected chi connectivity index (χ0v) is 24.8. The van der Waals surface area contributed by atoms with Crippen LogP contribution >= 0.6 is 0 Å². The molecule has 2 saturated carbocycles. The molecule has 0 bridgehead atoms. The quantitative estimate of drug-likeness (QED) is 0.511. The van der Waals surface area contributed by atoms with Crippen LogP contribution in [0, 0.1) is 18.2 Å². The predicted octanol–water partition coefficient (Wildman–Crippen LogP) is 5.28. The number of hydrogen-bond donors (Lipinski definition) is 1. The first kappa shape index (κ1) is 28.0. The molecule has 2 aliphatic carbocycles. The predicted molar refractivity (Wildman–Crippen MR) is 151 cm³/mol. The summed E-state index contributed by atoms with van der Waals surface area (Å²) in [4.78, 5) is 34.3. The van der Waals surface area contributed by atoms with Crippen LogP contribution in [-0.2, 0) is 22.4 Å². The number of nitrogens with zero attached hydrogens (tertiary/aromatic N) is 4. The van der Waals surface area contributed by atoms with Gasteiger partial charge in [0.2, 0.25) is 0 Å². The number of rotatable bonds is 6. The molecule has 222 valence electrons. The minimum Gasteiger partial charge on any atom is -0.453 e. The number of hydrogen-bond acceptors (Lipinski definition) is 6. The monoisotopic (exact) mass is 567 g/mol. The number of piperidine rings is 1. The van der Waals surface area contributed by atoms with Crippen molar-refractivity contribution in [2.45, 2.75) is 103 Å². The second kappa shape index (κ2) is 10.3. The van der Waals surface area contributed by atoms with E-state index in [9.17, 15) is 14.0 Å². The Hall–Kier alpha value is -3.14. The van der Waals surface area contributed by atoms with Gasteiger partial charge in [0, 0.05) is 43.1 Å². The Kier molecular flexibility index (Phi) is 7.03. The van der Waals surface area contributed by atoms with Gasteiger partial charge in [-0.05, 0) is 77.5 Å². The van der Waals surface area contributed by atoms with E-state index in [-0.39, 0.29) is 18.0 Å². The highest BCUT2D eigenvalue weighted by Gasteiger charge is 2.69. The molecule has 4 aliphatic rings. The third-order valence-corrected chi connectivity index (χ3v) is 9.77. The Bertz CT molecular complexity index is 1340. The number of methoxy groups -OCH3 is 1. The van der Waals surface area contributed by atoms with Gasteiger partial charge in [-0.1, -0.05) is 12.1 Å².